The van der Waals surface area contributed by atoms with Crippen molar-refractivity contribution in [1.82, 2.24) is 0 Å². The van der Waals surface area contributed by atoms with E-state index in [4.69, 9.17) is 9.05 Å². The summed E-state index contributed by atoms with van der Waals surface area (Å²) in [5.41, 5.74) is 0.880. The van der Waals surface area contributed by atoms with Crippen LogP contribution < -0.4 is 5.32 Å². The lowest BCUT2D eigenvalue weighted by Crippen LogP contribution is -2.20. The van der Waals surface area contributed by atoms with Gasteiger partial charge in [-0.15, -0.1) is 0 Å². The van der Waals surface area contributed by atoms with Gasteiger partial charge in [-0.3, -0.25) is 4.57 Å². The molecule has 0 aromatic heterocycles. The van der Waals surface area contributed by atoms with Crippen molar-refractivity contribution in [3.63, 3.8) is 0 Å². The van der Waals surface area contributed by atoms with Gasteiger partial charge >= 0.3 is 7.60 Å². The molecule has 0 fully saturated rings. The van der Waals surface area contributed by atoms with Crippen LogP contribution in [0.1, 0.15) is 20.8 Å². The molecule has 0 radical (unpaired) electrons. The molecule has 1 N–H and O–H groups in total. The van der Waals surface area contributed by atoms with Crippen LogP contribution in [0.2, 0.25) is 0 Å². The second-order valence-electron chi connectivity index (χ2n) is 3.86. The molecular formula is C14H22NO3P. The fraction of sp³-hybridized carbons (Fsp3) is 0.429. The van der Waals surface area contributed by atoms with Gasteiger partial charge in [-0.1, -0.05) is 30.4 Å². The van der Waals surface area contributed by atoms with Crippen LogP contribution in [-0.4, -0.2) is 19.0 Å². The average molecular weight is 283 g/mol. The zero-order valence-corrected chi connectivity index (χ0v) is 12.6. The molecule has 5 heteroatoms. The Hall–Kier alpha value is -1.09. The number of nitrogens with one attached hydrogen (secondary N) is 1. The van der Waals surface area contributed by atoms with E-state index in [0.717, 1.165) is 5.69 Å². The highest BCUT2D eigenvalue weighted by Gasteiger charge is 2.33. The van der Waals surface area contributed by atoms with Gasteiger partial charge in [0.25, 0.3) is 0 Å². The molecule has 0 bridgehead atoms. The lowest BCUT2D eigenvalue weighted by atomic mass is 10.3. The summed E-state index contributed by atoms with van der Waals surface area (Å²) in [5.74, 6) is -0.486. The third-order valence-electron chi connectivity index (χ3n) is 2.42. The van der Waals surface area contributed by atoms with Gasteiger partial charge in [-0.2, -0.15) is 0 Å². The highest BCUT2D eigenvalue weighted by atomic mass is 31.2. The maximum absolute atomic E-state index is 12.7. The average Bonchev–Trinajstić information content (AvgIpc) is 2.40. The van der Waals surface area contributed by atoms with Gasteiger partial charge in [0, 0.05) is 5.69 Å². The minimum atomic E-state index is -3.21. The second-order valence-corrected chi connectivity index (χ2v) is 6.01. The Morgan fingerprint density at radius 3 is 2.26 bits per heavy atom. The number of para-hydroxylation sites is 1. The Balaban J connectivity index is 2.94. The first kappa shape index (κ1) is 16.0. The van der Waals surface area contributed by atoms with Crippen LogP contribution >= 0.6 is 7.60 Å². The highest BCUT2D eigenvalue weighted by molar-refractivity contribution is 7.55. The Labute approximate surface area is 115 Å². The fourth-order valence-corrected chi connectivity index (χ4v) is 3.48. The minimum Gasteiger partial charge on any atom is -0.368 e. The molecule has 0 amide bonds. The maximum Gasteiger partial charge on any atom is 0.356 e. The van der Waals surface area contributed by atoms with Crippen molar-refractivity contribution in [2.24, 2.45) is 0 Å². The van der Waals surface area contributed by atoms with E-state index in [-0.39, 0.29) is 0 Å². The number of anilines is 1. The minimum absolute atomic E-state index is 0.349. The van der Waals surface area contributed by atoms with Crippen molar-refractivity contribution in [2.45, 2.75) is 26.6 Å². The Morgan fingerprint density at radius 1 is 1.21 bits per heavy atom. The monoisotopic (exact) mass is 283 g/mol. The van der Waals surface area contributed by atoms with E-state index in [2.05, 4.69) is 5.32 Å². The van der Waals surface area contributed by atoms with E-state index in [9.17, 15) is 4.57 Å². The predicted octanol–water partition coefficient (Wildman–Crippen LogP) is 4.27. The smallest absolute Gasteiger partial charge is 0.356 e. The molecular weight excluding hydrogens is 261 g/mol. The van der Waals surface area contributed by atoms with Crippen molar-refractivity contribution in [3.8, 4) is 0 Å². The molecule has 1 atom stereocenters. The summed E-state index contributed by atoms with van der Waals surface area (Å²) < 4.78 is 23.5. The number of hydrogen-bond acceptors (Lipinski definition) is 4. The van der Waals surface area contributed by atoms with Crippen LogP contribution in [0.5, 0.6) is 0 Å². The SMILES string of the molecule is C/C=C/C(Nc1ccccc1)P(=O)(OCC)OCC. The van der Waals surface area contributed by atoms with Crippen LogP contribution in [0.3, 0.4) is 0 Å². The van der Waals surface area contributed by atoms with E-state index >= 15 is 0 Å². The Kier molecular flexibility index (Phi) is 6.85. The van der Waals surface area contributed by atoms with Crippen molar-refractivity contribution >= 4 is 13.3 Å². The first-order valence-corrected chi connectivity index (χ1v) is 8.10. The largest absolute Gasteiger partial charge is 0.368 e. The molecule has 0 aliphatic heterocycles. The number of allylic oxidation sites excluding steroid dienone is 1. The van der Waals surface area contributed by atoms with Crippen molar-refractivity contribution in [2.75, 3.05) is 18.5 Å². The standard InChI is InChI=1S/C14H22NO3P/c1-4-10-14(15-13-11-8-7-9-12-13)19(16,17-5-2)18-6-3/h4,7-12,14-15H,5-6H2,1-3H3/b10-4+. The third kappa shape index (κ3) is 4.83. The van der Waals surface area contributed by atoms with Gasteiger partial charge in [0.05, 0.1) is 13.2 Å². The van der Waals surface area contributed by atoms with Crippen molar-refractivity contribution < 1.29 is 13.6 Å². The summed E-state index contributed by atoms with van der Waals surface area (Å²) in [6, 6.07) is 9.60. The quantitative estimate of drug-likeness (QED) is 0.572. The zero-order valence-electron chi connectivity index (χ0n) is 11.7. The van der Waals surface area contributed by atoms with E-state index in [1.807, 2.05) is 43.3 Å². The molecule has 1 aromatic carbocycles. The molecule has 106 valence electrons. The van der Waals surface area contributed by atoms with Crippen molar-refractivity contribution in [3.05, 3.63) is 42.5 Å². The van der Waals surface area contributed by atoms with E-state index in [0.29, 0.717) is 13.2 Å². The molecule has 0 saturated heterocycles. The lowest BCUT2D eigenvalue weighted by Gasteiger charge is -2.25. The summed E-state index contributed by atoms with van der Waals surface area (Å²) in [6.45, 7) is 6.19. The predicted molar refractivity (Wildman–Crippen MR) is 79.5 cm³/mol. The Morgan fingerprint density at radius 2 is 1.79 bits per heavy atom. The van der Waals surface area contributed by atoms with Gasteiger partial charge in [0.2, 0.25) is 0 Å². The molecule has 1 rings (SSSR count). The van der Waals surface area contributed by atoms with E-state index in [1.165, 1.54) is 0 Å². The molecule has 1 unspecified atom stereocenters. The molecule has 0 heterocycles. The lowest BCUT2D eigenvalue weighted by molar-refractivity contribution is 0.217. The Bertz CT molecular complexity index is 424. The molecule has 0 spiro atoms. The summed E-state index contributed by atoms with van der Waals surface area (Å²) in [7, 11) is -3.21. The number of benzene rings is 1. The van der Waals surface area contributed by atoms with Crippen LogP contribution in [-0.2, 0) is 13.6 Å². The molecule has 0 saturated carbocycles. The van der Waals surface area contributed by atoms with Gasteiger partial charge in [-0.05, 0) is 32.9 Å². The van der Waals surface area contributed by atoms with Crippen LogP contribution in [0.4, 0.5) is 5.69 Å². The highest BCUT2D eigenvalue weighted by Crippen LogP contribution is 2.53. The van der Waals surface area contributed by atoms with E-state index in [1.54, 1.807) is 19.9 Å². The van der Waals surface area contributed by atoms with Gasteiger partial charge in [0.1, 0.15) is 5.78 Å². The molecule has 1 aromatic rings. The van der Waals surface area contributed by atoms with Crippen molar-refractivity contribution in [1.29, 1.82) is 0 Å². The summed E-state index contributed by atoms with van der Waals surface area (Å²) in [4.78, 5) is 0. The fourth-order valence-electron chi connectivity index (χ4n) is 1.68. The number of rotatable bonds is 8. The van der Waals surface area contributed by atoms with Gasteiger partial charge < -0.3 is 14.4 Å². The first-order valence-electron chi connectivity index (χ1n) is 6.49. The molecule has 0 aliphatic carbocycles. The molecule has 19 heavy (non-hydrogen) atoms. The summed E-state index contributed by atoms with van der Waals surface area (Å²) >= 11 is 0. The molecule has 4 nitrogen and oxygen atoms in total. The summed E-state index contributed by atoms with van der Waals surface area (Å²) in [6.07, 6.45) is 3.64. The van der Waals surface area contributed by atoms with Crippen LogP contribution in [0.25, 0.3) is 0 Å². The normalized spacial score (nSPS) is 13.6. The first-order chi connectivity index (χ1) is 9.16. The van der Waals surface area contributed by atoms with Gasteiger partial charge in [0.15, 0.2) is 0 Å². The van der Waals surface area contributed by atoms with Crippen LogP contribution in [0, 0.1) is 0 Å². The van der Waals surface area contributed by atoms with E-state index < -0.39 is 13.4 Å². The topological polar surface area (TPSA) is 47.6 Å². The zero-order chi connectivity index (χ0) is 14.1. The second kappa shape index (κ2) is 8.16. The summed E-state index contributed by atoms with van der Waals surface area (Å²) in [5, 5.41) is 3.19. The third-order valence-corrected chi connectivity index (χ3v) is 4.64. The van der Waals surface area contributed by atoms with Gasteiger partial charge in [-0.25, -0.2) is 0 Å². The maximum atomic E-state index is 12.7. The van der Waals surface area contributed by atoms with Crippen LogP contribution in [0.15, 0.2) is 42.5 Å². The number of hydrogen-bond donors (Lipinski definition) is 1. The molecule has 0 aliphatic rings.